The van der Waals surface area contributed by atoms with E-state index in [1.165, 1.54) is 12.8 Å². The van der Waals surface area contributed by atoms with Crippen LogP contribution in [0.5, 0.6) is 0 Å². The van der Waals surface area contributed by atoms with E-state index in [-0.39, 0.29) is 18.3 Å². The molecule has 7 heteroatoms. The highest BCUT2D eigenvalue weighted by atomic mass is 35.5. The molecule has 132 valence electrons. The molecule has 2 heterocycles. The maximum atomic E-state index is 11.8. The van der Waals surface area contributed by atoms with Crippen molar-refractivity contribution in [3.63, 3.8) is 0 Å². The summed E-state index contributed by atoms with van der Waals surface area (Å²) in [5, 5.41) is 6.91. The van der Waals surface area contributed by atoms with E-state index in [0.29, 0.717) is 13.1 Å². The summed E-state index contributed by atoms with van der Waals surface area (Å²) in [6, 6.07) is 11.8. The minimum absolute atomic E-state index is 0. The molecule has 0 spiro atoms. The van der Waals surface area contributed by atoms with Crippen LogP contribution in [0.4, 0.5) is 0 Å². The fourth-order valence-electron chi connectivity index (χ4n) is 2.53. The Morgan fingerprint density at radius 3 is 2.88 bits per heavy atom. The highest BCUT2D eigenvalue weighted by molar-refractivity contribution is 7.21. The smallest absolute Gasteiger partial charge is 0.234 e. The summed E-state index contributed by atoms with van der Waals surface area (Å²) >= 11 is 1.61. The quantitative estimate of drug-likeness (QED) is 0.660. The van der Waals surface area contributed by atoms with Gasteiger partial charge in [-0.25, -0.2) is 4.98 Å². The van der Waals surface area contributed by atoms with Gasteiger partial charge in [-0.3, -0.25) is 4.79 Å². The molecule has 0 radical (unpaired) electrons. The fourth-order valence-corrected chi connectivity index (χ4v) is 3.45. The zero-order chi connectivity index (χ0) is 16.4. The number of furan rings is 1. The van der Waals surface area contributed by atoms with Crippen LogP contribution >= 0.6 is 23.7 Å². The molecule has 1 fully saturated rings. The monoisotopic (exact) mass is 377 g/mol. The van der Waals surface area contributed by atoms with Crippen molar-refractivity contribution in [1.82, 2.24) is 15.6 Å². The first kappa shape index (κ1) is 17.9. The second kappa shape index (κ2) is 7.99. The molecule has 3 aromatic rings. The van der Waals surface area contributed by atoms with Crippen LogP contribution in [0.15, 0.2) is 40.8 Å². The van der Waals surface area contributed by atoms with Gasteiger partial charge in [0.2, 0.25) is 5.91 Å². The van der Waals surface area contributed by atoms with Crippen LogP contribution in [0, 0.1) is 5.92 Å². The molecule has 1 aromatic carbocycles. The van der Waals surface area contributed by atoms with Gasteiger partial charge in [0.25, 0.3) is 0 Å². The summed E-state index contributed by atoms with van der Waals surface area (Å²) in [7, 11) is 0. The van der Waals surface area contributed by atoms with E-state index in [4.69, 9.17) is 4.42 Å². The minimum atomic E-state index is -0.00594. The zero-order valence-corrected chi connectivity index (χ0v) is 15.3. The van der Waals surface area contributed by atoms with Gasteiger partial charge in [-0.15, -0.1) is 23.7 Å². The number of halogens is 1. The SMILES string of the molecule is Cl.O=C(CNCC1CC1)NCc1ccc(-c2nc3ccccc3s2)o1. The third kappa shape index (κ3) is 4.60. The summed E-state index contributed by atoms with van der Waals surface area (Å²) in [6.45, 7) is 1.70. The highest BCUT2D eigenvalue weighted by Gasteiger charge is 2.20. The number of amides is 1. The van der Waals surface area contributed by atoms with Crippen LogP contribution in [0.3, 0.4) is 0 Å². The van der Waals surface area contributed by atoms with E-state index in [2.05, 4.69) is 21.7 Å². The number of hydrogen-bond acceptors (Lipinski definition) is 5. The minimum Gasteiger partial charge on any atom is -0.457 e. The standard InChI is InChI=1S/C18H19N3O2S.ClH/c22-17(11-19-9-12-5-6-12)20-10-13-7-8-15(23-13)18-21-14-3-1-2-4-16(14)24-18;/h1-4,7-8,12,19H,5-6,9-11H2,(H,20,22);1H. The zero-order valence-electron chi connectivity index (χ0n) is 13.7. The molecular weight excluding hydrogens is 358 g/mol. The summed E-state index contributed by atoms with van der Waals surface area (Å²) in [4.78, 5) is 16.4. The van der Waals surface area contributed by atoms with Crippen LogP contribution in [0.25, 0.3) is 21.0 Å². The number of fused-ring (bicyclic) bond motifs is 1. The molecule has 0 atom stereocenters. The number of carbonyl (C=O) groups excluding carboxylic acids is 1. The predicted octanol–water partition coefficient (Wildman–Crippen LogP) is 3.59. The van der Waals surface area contributed by atoms with Crippen molar-refractivity contribution < 1.29 is 9.21 Å². The second-order valence-electron chi connectivity index (χ2n) is 6.10. The van der Waals surface area contributed by atoms with Gasteiger partial charge in [-0.1, -0.05) is 12.1 Å². The maximum absolute atomic E-state index is 11.8. The molecule has 0 aliphatic heterocycles. The summed E-state index contributed by atoms with van der Waals surface area (Å²) in [5.41, 5.74) is 0.977. The number of thiazole rings is 1. The van der Waals surface area contributed by atoms with E-state index in [0.717, 1.165) is 39.2 Å². The molecule has 5 nitrogen and oxygen atoms in total. The van der Waals surface area contributed by atoms with Crippen molar-refractivity contribution in [2.24, 2.45) is 5.92 Å². The molecule has 1 aliphatic rings. The first-order valence-electron chi connectivity index (χ1n) is 8.20. The lowest BCUT2D eigenvalue weighted by Crippen LogP contribution is -2.34. The highest BCUT2D eigenvalue weighted by Crippen LogP contribution is 2.31. The number of hydrogen-bond donors (Lipinski definition) is 2. The Balaban J connectivity index is 0.00000182. The number of aromatic nitrogens is 1. The Morgan fingerprint density at radius 2 is 2.08 bits per heavy atom. The first-order chi connectivity index (χ1) is 11.8. The molecule has 2 aromatic heterocycles. The number of nitrogens with one attached hydrogen (secondary N) is 2. The molecule has 1 saturated carbocycles. The average Bonchev–Trinajstić information content (AvgIpc) is 3.13. The van der Waals surface area contributed by atoms with Crippen LogP contribution in [-0.2, 0) is 11.3 Å². The summed E-state index contributed by atoms with van der Waals surface area (Å²) in [5.74, 6) is 2.25. The number of rotatable bonds is 7. The number of nitrogens with zero attached hydrogens (tertiary/aromatic N) is 1. The molecular formula is C18H20ClN3O2S. The van der Waals surface area contributed by atoms with Gasteiger partial charge in [-0.2, -0.15) is 0 Å². The van der Waals surface area contributed by atoms with E-state index >= 15 is 0 Å². The Bertz CT molecular complexity index is 824. The lowest BCUT2D eigenvalue weighted by atomic mass is 10.3. The van der Waals surface area contributed by atoms with Crippen molar-refractivity contribution >= 4 is 39.9 Å². The Labute approximate surface area is 156 Å². The van der Waals surface area contributed by atoms with Crippen LogP contribution in [-0.4, -0.2) is 24.0 Å². The largest absolute Gasteiger partial charge is 0.457 e. The second-order valence-corrected chi connectivity index (χ2v) is 7.13. The van der Waals surface area contributed by atoms with Crippen molar-refractivity contribution in [2.45, 2.75) is 19.4 Å². The maximum Gasteiger partial charge on any atom is 0.234 e. The lowest BCUT2D eigenvalue weighted by Gasteiger charge is -2.04. The Hall–Kier alpha value is -1.89. The van der Waals surface area contributed by atoms with E-state index in [9.17, 15) is 4.79 Å². The van der Waals surface area contributed by atoms with E-state index in [1.807, 2.05) is 30.3 Å². The normalized spacial score (nSPS) is 13.6. The van der Waals surface area contributed by atoms with Crippen LogP contribution in [0.1, 0.15) is 18.6 Å². The Morgan fingerprint density at radius 1 is 1.24 bits per heavy atom. The van der Waals surface area contributed by atoms with Gasteiger partial charge in [0.05, 0.1) is 23.3 Å². The average molecular weight is 378 g/mol. The molecule has 1 aliphatic carbocycles. The topological polar surface area (TPSA) is 67.2 Å². The molecule has 2 N–H and O–H groups in total. The van der Waals surface area contributed by atoms with Crippen molar-refractivity contribution in [2.75, 3.05) is 13.1 Å². The predicted molar refractivity (Wildman–Crippen MR) is 102 cm³/mol. The van der Waals surface area contributed by atoms with Crippen LogP contribution < -0.4 is 10.6 Å². The van der Waals surface area contributed by atoms with E-state index < -0.39 is 0 Å². The summed E-state index contributed by atoms with van der Waals surface area (Å²) in [6.07, 6.45) is 2.57. The fraction of sp³-hybridized carbons (Fsp3) is 0.333. The molecule has 4 rings (SSSR count). The van der Waals surface area contributed by atoms with Crippen molar-refractivity contribution in [3.8, 4) is 10.8 Å². The van der Waals surface area contributed by atoms with Gasteiger partial charge < -0.3 is 15.1 Å². The van der Waals surface area contributed by atoms with Gasteiger partial charge in [0.15, 0.2) is 10.8 Å². The molecule has 0 unspecified atom stereocenters. The molecule has 1 amide bonds. The lowest BCUT2D eigenvalue weighted by molar-refractivity contribution is -0.120. The third-order valence-electron chi connectivity index (χ3n) is 4.04. The van der Waals surface area contributed by atoms with Crippen LogP contribution in [0.2, 0.25) is 0 Å². The van der Waals surface area contributed by atoms with Gasteiger partial charge in [0.1, 0.15) is 5.76 Å². The van der Waals surface area contributed by atoms with Gasteiger partial charge in [-0.05, 0) is 49.6 Å². The molecule has 0 bridgehead atoms. The van der Waals surface area contributed by atoms with Gasteiger partial charge >= 0.3 is 0 Å². The first-order valence-corrected chi connectivity index (χ1v) is 9.01. The van der Waals surface area contributed by atoms with Crippen molar-refractivity contribution in [3.05, 3.63) is 42.2 Å². The molecule has 0 saturated heterocycles. The van der Waals surface area contributed by atoms with Gasteiger partial charge in [0, 0.05) is 0 Å². The Kier molecular flexibility index (Phi) is 5.73. The number of para-hydroxylation sites is 1. The number of carbonyl (C=O) groups is 1. The third-order valence-corrected chi connectivity index (χ3v) is 5.09. The van der Waals surface area contributed by atoms with E-state index in [1.54, 1.807) is 11.3 Å². The summed E-state index contributed by atoms with van der Waals surface area (Å²) < 4.78 is 6.95. The number of benzene rings is 1. The molecule has 25 heavy (non-hydrogen) atoms. The van der Waals surface area contributed by atoms with Crippen molar-refractivity contribution in [1.29, 1.82) is 0 Å².